The van der Waals surface area contributed by atoms with Crippen LogP contribution < -0.4 is 16.8 Å². The number of nitrogens with one attached hydrogen (secondary N) is 1. The monoisotopic (exact) mass is 350 g/mol. The van der Waals surface area contributed by atoms with Crippen molar-refractivity contribution in [1.82, 2.24) is 4.98 Å². The largest absolute Gasteiger partial charge is 0.383 e. The Bertz CT molecular complexity index is 987. The molecule has 7 nitrogen and oxygen atoms in total. The summed E-state index contributed by atoms with van der Waals surface area (Å²) in [7, 11) is 0. The van der Waals surface area contributed by atoms with Crippen molar-refractivity contribution in [2.75, 3.05) is 11.1 Å². The molecule has 2 aromatic carbocycles. The summed E-state index contributed by atoms with van der Waals surface area (Å²) in [5, 5.41) is 14.5. The molecule has 0 saturated carbocycles. The van der Waals surface area contributed by atoms with Gasteiger partial charge in [0.05, 0.1) is 0 Å². The highest BCUT2D eigenvalue weighted by atomic mass is 16.3. The van der Waals surface area contributed by atoms with Crippen LogP contribution in [0.1, 0.15) is 15.9 Å². The van der Waals surface area contributed by atoms with Crippen molar-refractivity contribution < 1.29 is 14.7 Å². The highest BCUT2D eigenvalue weighted by Crippen LogP contribution is 2.22. The molecule has 1 atom stereocenters. The van der Waals surface area contributed by atoms with Crippen LogP contribution >= 0.6 is 0 Å². The number of anilines is 2. The molecule has 0 fully saturated rings. The summed E-state index contributed by atoms with van der Waals surface area (Å²) in [6.45, 7) is 0. The fourth-order valence-corrected chi connectivity index (χ4v) is 2.74. The molecule has 0 radical (unpaired) electrons. The first-order valence-electron chi connectivity index (χ1n) is 7.96. The highest BCUT2D eigenvalue weighted by molar-refractivity contribution is 5.99. The van der Waals surface area contributed by atoms with E-state index in [-0.39, 0.29) is 12.0 Å². The summed E-state index contributed by atoms with van der Waals surface area (Å²) in [6, 6.07) is 13.6. The Morgan fingerprint density at radius 1 is 1.15 bits per heavy atom. The number of pyridine rings is 1. The van der Waals surface area contributed by atoms with E-state index in [0.29, 0.717) is 17.1 Å². The predicted octanol–water partition coefficient (Wildman–Crippen LogP) is 1.46. The first-order chi connectivity index (χ1) is 12.5. The minimum absolute atomic E-state index is 0.0185. The Labute approximate surface area is 149 Å². The zero-order valence-corrected chi connectivity index (χ0v) is 13.8. The van der Waals surface area contributed by atoms with E-state index in [9.17, 15) is 14.7 Å². The molecular weight excluding hydrogens is 332 g/mol. The summed E-state index contributed by atoms with van der Waals surface area (Å²) in [4.78, 5) is 27.7. The molecule has 0 spiro atoms. The number of carbonyl (C=O) groups excluding carboxylic acids is 2. The van der Waals surface area contributed by atoms with Gasteiger partial charge in [0.2, 0.25) is 5.91 Å². The Balaban J connectivity index is 1.75. The topological polar surface area (TPSA) is 131 Å². The van der Waals surface area contributed by atoms with Crippen LogP contribution in [0.25, 0.3) is 10.8 Å². The molecule has 6 N–H and O–H groups in total. The van der Waals surface area contributed by atoms with Crippen LogP contribution in [0.15, 0.2) is 54.7 Å². The van der Waals surface area contributed by atoms with E-state index in [1.165, 1.54) is 0 Å². The summed E-state index contributed by atoms with van der Waals surface area (Å²) >= 11 is 0. The fraction of sp³-hybridized carbons (Fsp3) is 0.105. The van der Waals surface area contributed by atoms with Crippen molar-refractivity contribution in [2.45, 2.75) is 12.5 Å². The smallest absolute Gasteiger partial charge is 0.253 e. The van der Waals surface area contributed by atoms with Gasteiger partial charge in [0.1, 0.15) is 11.9 Å². The van der Waals surface area contributed by atoms with E-state index in [1.54, 1.807) is 54.7 Å². The third-order valence-electron chi connectivity index (χ3n) is 4.06. The van der Waals surface area contributed by atoms with Gasteiger partial charge in [-0.3, -0.25) is 9.59 Å². The number of aromatic nitrogens is 1. The number of aliphatic hydroxyl groups is 1. The number of fused-ring (bicyclic) bond motifs is 1. The molecule has 132 valence electrons. The number of hydrogen-bond donors (Lipinski definition) is 4. The number of primary amides is 1. The van der Waals surface area contributed by atoms with Gasteiger partial charge in [-0.1, -0.05) is 18.2 Å². The van der Waals surface area contributed by atoms with E-state index in [0.717, 1.165) is 10.8 Å². The lowest BCUT2D eigenvalue weighted by Crippen LogP contribution is -2.30. The van der Waals surface area contributed by atoms with Crippen molar-refractivity contribution in [3.05, 3.63) is 65.9 Å². The first-order valence-corrected chi connectivity index (χ1v) is 7.96. The second kappa shape index (κ2) is 7.20. The van der Waals surface area contributed by atoms with E-state index >= 15 is 0 Å². The van der Waals surface area contributed by atoms with Gasteiger partial charge >= 0.3 is 0 Å². The number of carbonyl (C=O) groups is 2. The summed E-state index contributed by atoms with van der Waals surface area (Å²) < 4.78 is 0. The van der Waals surface area contributed by atoms with Crippen molar-refractivity contribution in [3.8, 4) is 0 Å². The Hall–Kier alpha value is -3.45. The molecule has 2 amide bonds. The van der Waals surface area contributed by atoms with Crippen LogP contribution in [0.2, 0.25) is 0 Å². The number of rotatable bonds is 5. The molecule has 26 heavy (non-hydrogen) atoms. The van der Waals surface area contributed by atoms with E-state index in [2.05, 4.69) is 10.3 Å². The average Bonchev–Trinajstić information content (AvgIpc) is 2.62. The second-order valence-corrected chi connectivity index (χ2v) is 5.86. The Morgan fingerprint density at radius 3 is 2.69 bits per heavy atom. The Morgan fingerprint density at radius 2 is 1.92 bits per heavy atom. The molecule has 7 heteroatoms. The molecule has 1 unspecified atom stereocenters. The van der Waals surface area contributed by atoms with Crippen LogP contribution in [-0.4, -0.2) is 28.0 Å². The number of benzene rings is 2. The van der Waals surface area contributed by atoms with Gasteiger partial charge in [-0.25, -0.2) is 4.98 Å². The zero-order valence-electron chi connectivity index (χ0n) is 13.8. The molecule has 0 saturated heterocycles. The number of aliphatic hydroxyl groups excluding tert-OH is 1. The normalized spacial score (nSPS) is 11.9. The molecular formula is C19H18N4O3. The van der Waals surface area contributed by atoms with Crippen LogP contribution in [0.3, 0.4) is 0 Å². The third-order valence-corrected chi connectivity index (χ3v) is 4.06. The number of nitrogens with zero attached hydrogens (tertiary/aromatic N) is 1. The van der Waals surface area contributed by atoms with Gasteiger partial charge < -0.3 is 21.9 Å². The van der Waals surface area contributed by atoms with Crippen molar-refractivity contribution in [1.29, 1.82) is 0 Å². The maximum Gasteiger partial charge on any atom is 0.253 e. The van der Waals surface area contributed by atoms with Gasteiger partial charge in [0, 0.05) is 29.3 Å². The number of hydrogen-bond acceptors (Lipinski definition) is 5. The van der Waals surface area contributed by atoms with Crippen molar-refractivity contribution in [2.24, 2.45) is 5.73 Å². The standard InChI is InChI=1S/C19H18N4O3/c20-17-14-6-5-13(9-12(14)7-8-22-17)23-19(26)16(24)10-11-3-1-2-4-15(11)18(21)25/h1-9,16,24H,10H2,(H2,20,22)(H2,21,25)(H,23,26). The van der Waals surface area contributed by atoms with Crippen LogP contribution in [0.5, 0.6) is 0 Å². The van der Waals surface area contributed by atoms with Crippen LogP contribution in [0, 0.1) is 0 Å². The number of amides is 2. The molecule has 3 aromatic rings. The number of nitrogens with two attached hydrogens (primary N) is 2. The summed E-state index contributed by atoms with van der Waals surface area (Å²) in [5.74, 6) is -0.775. The van der Waals surface area contributed by atoms with E-state index in [4.69, 9.17) is 11.5 Å². The SMILES string of the molecule is NC(=O)c1ccccc1CC(O)C(=O)Nc1ccc2c(N)nccc2c1. The van der Waals surface area contributed by atoms with Gasteiger partial charge in [-0.15, -0.1) is 0 Å². The molecule has 0 aliphatic heterocycles. The lowest BCUT2D eigenvalue weighted by Gasteiger charge is -2.14. The summed E-state index contributed by atoms with van der Waals surface area (Å²) in [5.41, 5.74) is 12.4. The molecule has 3 rings (SSSR count). The minimum atomic E-state index is -1.33. The van der Waals surface area contributed by atoms with Crippen molar-refractivity contribution in [3.63, 3.8) is 0 Å². The molecule has 0 aliphatic rings. The van der Waals surface area contributed by atoms with Gasteiger partial charge in [0.25, 0.3) is 5.91 Å². The molecule has 0 aliphatic carbocycles. The highest BCUT2D eigenvalue weighted by Gasteiger charge is 2.19. The lowest BCUT2D eigenvalue weighted by atomic mass is 10.0. The molecule has 1 heterocycles. The minimum Gasteiger partial charge on any atom is -0.383 e. The van der Waals surface area contributed by atoms with E-state index in [1.807, 2.05) is 0 Å². The lowest BCUT2D eigenvalue weighted by molar-refractivity contribution is -0.123. The Kier molecular flexibility index (Phi) is 4.81. The number of nitrogen functional groups attached to an aromatic ring is 1. The molecule has 0 bridgehead atoms. The van der Waals surface area contributed by atoms with Crippen molar-refractivity contribution >= 4 is 34.1 Å². The first kappa shape index (κ1) is 17.4. The van der Waals surface area contributed by atoms with Gasteiger partial charge in [-0.05, 0) is 41.3 Å². The van der Waals surface area contributed by atoms with Crippen LogP contribution in [0.4, 0.5) is 11.5 Å². The quantitative estimate of drug-likeness (QED) is 0.553. The second-order valence-electron chi connectivity index (χ2n) is 5.86. The zero-order chi connectivity index (χ0) is 18.7. The van der Waals surface area contributed by atoms with Crippen LogP contribution in [-0.2, 0) is 11.2 Å². The predicted molar refractivity (Wildman–Crippen MR) is 99.5 cm³/mol. The average molecular weight is 350 g/mol. The summed E-state index contributed by atoms with van der Waals surface area (Å²) in [6.07, 6.45) is 0.238. The maximum absolute atomic E-state index is 12.3. The van der Waals surface area contributed by atoms with E-state index < -0.39 is 17.9 Å². The maximum atomic E-state index is 12.3. The molecule has 1 aromatic heterocycles. The van der Waals surface area contributed by atoms with Gasteiger partial charge in [0.15, 0.2) is 0 Å². The van der Waals surface area contributed by atoms with Gasteiger partial charge in [-0.2, -0.15) is 0 Å². The third kappa shape index (κ3) is 3.62. The fourth-order valence-electron chi connectivity index (χ4n) is 2.74.